The van der Waals surface area contributed by atoms with Crippen LogP contribution >= 0.6 is 0 Å². The quantitative estimate of drug-likeness (QED) is 0.666. The van der Waals surface area contributed by atoms with Gasteiger partial charge in [-0.25, -0.2) is 9.78 Å². The summed E-state index contributed by atoms with van der Waals surface area (Å²) >= 11 is 0. The monoisotopic (exact) mass is 465 g/mol. The van der Waals surface area contributed by atoms with Gasteiger partial charge in [-0.1, -0.05) is 31.2 Å². The van der Waals surface area contributed by atoms with Gasteiger partial charge in [-0.15, -0.1) is 0 Å². The van der Waals surface area contributed by atoms with Gasteiger partial charge in [0.2, 0.25) is 0 Å². The summed E-state index contributed by atoms with van der Waals surface area (Å²) in [5.74, 6) is 1.85. The molecule has 2 saturated heterocycles. The lowest BCUT2D eigenvalue weighted by Gasteiger charge is -2.32. The molecule has 4 unspecified atom stereocenters. The van der Waals surface area contributed by atoms with Gasteiger partial charge >= 0.3 is 13.2 Å². The number of hydrogen-bond donors (Lipinski definition) is 1. The summed E-state index contributed by atoms with van der Waals surface area (Å²) in [6.45, 7) is 16.2. The number of piperidine rings is 1. The summed E-state index contributed by atoms with van der Waals surface area (Å²) in [6.07, 6.45) is 2.51. The first-order valence-electron chi connectivity index (χ1n) is 12.3. The van der Waals surface area contributed by atoms with E-state index in [4.69, 9.17) is 14.0 Å². The molecule has 2 aliphatic heterocycles. The van der Waals surface area contributed by atoms with E-state index in [1.165, 1.54) is 0 Å². The lowest BCUT2D eigenvalue weighted by atomic mass is 9.79. The number of H-pyrrole nitrogens is 1. The molecule has 5 rings (SSSR count). The minimum absolute atomic E-state index is 0.0844. The van der Waals surface area contributed by atoms with Crippen molar-refractivity contribution in [2.75, 3.05) is 0 Å². The number of aromatic amines is 1. The highest BCUT2D eigenvalue weighted by Gasteiger charge is 2.61. The number of amides is 1. The standard InChI is InChI=1S/C26H36BN3O4/c1-15-18-13-20(30(21(15)18)23(31)32-24(2,3)4)22-28-14-19(29-22)16-9-11-17(12-10-16)27-33-25(5,6)26(7,8)34-27/h9-12,14-15,18,20-21H,13H2,1-8H3,(H,28,29). The minimum atomic E-state index is -0.523. The predicted octanol–water partition coefficient (Wildman–Crippen LogP) is 4.69. The van der Waals surface area contributed by atoms with Gasteiger partial charge in [-0.05, 0) is 77.7 Å². The van der Waals surface area contributed by atoms with Gasteiger partial charge in [0, 0.05) is 6.04 Å². The van der Waals surface area contributed by atoms with Crippen LogP contribution in [0.25, 0.3) is 11.3 Å². The molecule has 8 heteroatoms. The van der Waals surface area contributed by atoms with Crippen LogP contribution < -0.4 is 5.46 Å². The number of nitrogens with one attached hydrogen (secondary N) is 1. The molecule has 1 saturated carbocycles. The van der Waals surface area contributed by atoms with E-state index in [-0.39, 0.29) is 36.5 Å². The van der Waals surface area contributed by atoms with Crippen LogP contribution in [0.5, 0.6) is 0 Å². The summed E-state index contributed by atoms with van der Waals surface area (Å²) < 4.78 is 18.1. The molecule has 34 heavy (non-hydrogen) atoms. The van der Waals surface area contributed by atoms with Crippen molar-refractivity contribution in [1.82, 2.24) is 14.9 Å². The molecule has 0 bridgehead atoms. The van der Waals surface area contributed by atoms with Gasteiger partial charge in [0.1, 0.15) is 11.4 Å². The Bertz CT molecular complexity index is 1070. The molecule has 7 nitrogen and oxygen atoms in total. The Morgan fingerprint density at radius 3 is 2.35 bits per heavy atom. The Kier molecular flexibility index (Phi) is 5.23. The molecule has 182 valence electrons. The third kappa shape index (κ3) is 3.95. The topological polar surface area (TPSA) is 76.7 Å². The number of aromatic nitrogens is 2. The molecule has 3 aliphatic rings. The molecule has 4 atom stereocenters. The third-order valence-electron chi connectivity index (χ3n) is 7.93. The number of ether oxygens (including phenoxy) is 1. The zero-order valence-electron chi connectivity index (χ0n) is 21.5. The first kappa shape index (κ1) is 23.4. The van der Waals surface area contributed by atoms with Crippen molar-refractivity contribution < 1.29 is 18.8 Å². The molecule has 0 radical (unpaired) electrons. The number of nitrogens with zero attached hydrogens (tertiary/aromatic N) is 2. The van der Waals surface area contributed by atoms with Gasteiger partial charge in [0.05, 0.1) is 29.1 Å². The highest BCUT2D eigenvalue weighted by atomic mass is 16.7. The van der Waals surface area contributed by atoms with Crippen molar-refractivity contribution >= 4 is 18.7 Å². The maximum atomic E-state index is 13.0. The van der Waals surface area contributed by atoms with Gasteiger partial charge in [-0.3, -0.25) is 4.90 Å². The van der Waals surface area contributed by atoms with E-state index in [0.717, 1.165) is 29.0 Å². The molecule has 3 heterocycles. The zero-order chi connectivity index (χ0) is 24.6. The second-order valence-corrected chi connectivity index (χ2v) is 12.0. The van der Waals surface area contributed by atoms with Crippen LogP contribution in [0.15, 0.2) is 30.5 Å². The molecular weight excluding hydrogens is 429 g/mol. The average Bonchev–Trinajstić information content (AvgIpc) is 3.13. The third-order valence-corrected chi connectivity index (χ3v) is 7.93. The lowest BCUT2D eigenvalue weighted by Crippen LogP contribution is -2.41. The fourth-order valence-electron chi connectivity index (χ4n) is 5.17. The van der Waals surface area contributed by atoms with Crippen molar-refractivity contribution in [2.24, 2.45) is 11.8 Å². The minimum Gasteiger partial charge on any atom is -0.444 e. The van der Waals surface area contributed by atoms with Crippen LogP contribution in [0.3, 0.4) is 0 Å². The summed E-state index contributed by atoms with van der Waals surface area (Å²) in [4.78, 5) is 23.0. The largest absolute Gasteiger partial charge is 0.494 e. The molecule has 1 amide bonds. The molecular formula is C26H36BN3O4. The number of carbonyl (C=O) groups excluding carboxylic acids is 1. The van der Waals surface area contributed by atoms with Crippen molar-refractivity contribution in [3.63, 3.8) is 0 Å². The maximum Gasteiger partial charge on any atom is 0.494 e. The molecule has 1 aliphatic carbocycles. The van der Waals surface area contributed by atoms with Gasteiger partial charge in [0.25, 0.3) is 0 Å². The van der Waals surface area contributed by atoms with Crippen LogP contribution in [0.4, 0.5) is 4.79 Å². The van der Waals surface area contributed by atoms with Crippen LogP contribution in [-0.4, -0.2) is 50.9 Å². The summed E-state index contributed by atoms with van der Waals surface area (Å²) in [6, 6.07) is 8.34. The first-order valence-corrected chi connectivity index (χ1v) is 12.3. The fraction of sp³-hybridized carbons (Fsp3) is 0.615. The number of hydrogen-bond acceptors (Lipinski definition) is 5. The molecule has 3 fully saturated rings. The smallest absolute Gasteiger partial charge is 0.444 e. The Morgan fingerprint density at radius 2 is 1.76 bits per heavy atom. The number of rotatable bonds is 3. The molecule has 1 N–H and O–H groups in total. The molecule has 0 spiro atoms. The Labute approximate surface area is 202 Å². The van der Waals surface area contributed by atoms with E-state index in [9.17, 15) is 4.79 Å². The number of carbonyl (C=O) groups is 1. The highest BCUT2D eigenvalue weighted by Crippen LogP contribution is 2.57. The van der Waals surface area contributed by atoms with E-state index in [1.54, 1.807) is 0 Å². The van der Waals surface area contributed by atoms with E-state index >= 15 is 0 Å². The summed E-state index contributed by atoms with van der Waals surface area (Å²) in [5.41, 5.74) is 1.68. The first-order chi connectivity index (χ1) is 15.8. The summed E-state index contributed by atoms with van der Waals surface area (Å²) in [7, 11) is -0.383. The van der Waals surface area contributed by atoms with Gasteiger partial charge in [-0.2, -0.15) is 0 Å². The van der Waals surface area contributed by atoms with Crippen LogP contribution in [-0.2, 0) is 14.0 Å². The normalized spacial score (nSPS) is 29.3. The second kappa shape index (κ2) is 7.59. The van der Waals surface area contributed by atoms with Crippen molar-refractivity contribution in [2.45, 2.75) is 90.7 Å². The van der Waals surface area contributed by atoms with Crippen molar-refractivity contribution in [1.29, 1.82) is 0 Å². The van der Waals surface area contributed by atoms with Crippen LogP contribution in [0.1, 0.15) is 73.7 Å². The predicted molar refractivity (Wildman–Crippen MR) is 132 cm³/mol. The van der Waals surface area contributed by atoms with Crippen LogP contribution in [0, 0.1) is 11.8 Å². The fourth-order valence-corrected chi connectivity index (χ4v) is 5.17. The number of imidazole rings is 1. The van der Waals surface area contributed by atoms with E-state index in [2.05, 4.69) is 56.7 Å². The number of fused-ring (bicyclic) bond motifs is 1. The SMILES string of the molecule is CC1C2CC(c3ncc(-c4ccc(B5OC(C)(C)C(C)(C)O5)cc4)[nH]3)N(C(=O)OC(C)(C)C)C12. The van der Waals surface area contributed by atoms with E-state index < -0.39 is 5.60 Å². The molecule has 2 aromatic rings. The number of benzene rings is 1. The lowest BCUT2D eigenvalue weighted by molar-refractivity contribution is 0.00578. The van der Waals surface area contributed by atoms with Gasteiger partial charge < -0.3 is 19.0 Å². The average molecular weight is 465 g/mol. The van der Waals surface area contributed by atoms with Crippen LogP contribution in [0.2, 0.25) is 0 Å². The highest BCUT2D eigenvalue weighted by molar-refractivity contribution is 6.62. The van der Waals surface area contributed by atoms with Crippen molar-refractivity contribution in [3.05, 3.63) is 36.3 Å². The zero-order valence-corrected chi connectivity index (χ0v) is 21.5. The summed E-state index contributed by atoms with van der Waals surface area (Å²) in [5, 5.41) is 0. The Balaban J connectivity index is 1.33. The Hall–Kier alpha value is -2.32. The molecule has 1 aromatic carbocycles. The van der Waals surface area contributed by atoms with E-state index in [1.807, 2.05) is 44.0 Å². The molecule has 1 aromatic heterocycles. The maximum absolute atomic E-state index is 13.0. The Morgan fingerprint density at radius 1 is 1.15 bits per heavy atom. The van der Waals surface area contributed by atoms with Crippen molar-refractivity contribution in [3.8, 4) is 11.3 Å². The number of likely N-dealkylation sites (tertiary alicyclic amines) is 1. The second-order valence-electron chi connectivity index (χ2n) is 12.0. The van der Waals surface area contributed by atoms with E-state index in [0.29, 0.717) is 11.8 Å². The van der Waals surface area contributed by atoms with Gasteiger partial charge in [0.15, 0.2) is 0 Å².